The van der Waals surface area contributed by atoms with Crippen molar-refractivity contribution in [1.82, 2.24) is 10.7 Å². The van der Waals surface area contributed by atoms with Crippen molar-refractivity contribution < 1.29 is 28.6 Å². The van der Waals surface area contributed by atoms with Gasteiger partial charge in [0.1, 0.15) is 5.75 Å². The maximum Gasteiger partial charge on any atom is 0.329 e. The molecular weight excluding hydrogens is 580 g/mol. The average molecular weight is 611 g/mol. The first-order valence-corrected chi connectivity index (χ1v) is 13.1. The SMILES string of the molecule is COc1ccc(CCNC(=O)C(=O)N/N=C\c2cc(Br)ccc2OCC(=O)Nc2ccc(C)c(C)c2)cc1OC. The van der Waals surface area contributed by atoms with Crippen LogP contribution in [-0.4, -0.2) is 51.3 Å². The van der Waals surface area contributed by atoms with Gasteiger partial charge in [-0.3, -0.25) is 14.4 Å². The molecule has 210 valence electrons. The molecule has 40 heavy (non-hydrogen) atoms. The number of methoxy groups -OCH3 is 2. The van der Waals surface area contributed by atoms with Crippen LogP contribution in [0.25, 0.3) is 0 Å². The third kappa shape index (κ3) is 8.84. The largest absolute Gasteiger partial charge is 0.493 e. The topological polar surface area (TPSA) is 127 Å². The van der Waals surface area contributed by atoms with Gasteiger partial charge in [-0.05, 0) is 79.4 Å². The molecule has 0 aliphatic carbocycles. The van der Waals surface area contributed by atoms with Crippen LogP contribution in [0.3, 0.4) is 0 Å². The maximum absolute atomic E-state index is 12.4. The molecule has 0 saturated carbocycles. The van der Waals surface area contributed by atoms with Crippen LogP contribution in [-0.2, 0) is 20.8 Å². The summed E-state index contributed by atoms with van der Waals surface area (Å²) in [6.45, 7) is 3.97. The van der Waals surface area contributed by atoms with Crippen molar-refractivity contribution in [3.8, 4) is 17.2 Å². The molecule has 3 rings (SSSR count). The molecular formula is C29H31BrN4O6. The van der Waals surface area contributed by atoms with Gasteiger partial charge in [-0.25, -0.2) is 5.43 Å². The van der Waals surface area contributed by atoms with E-state index in [2.05, 4.69) is 37.1 Å². The molecule has 3 N–H and O–H groups in total. The number of hydrazone groups is 1. The van der Waals surface area contributed by atoms with Crippen LogP contribution in [0.15, 0.2) is 64.2 Å². The average Bonchev–Trinajstić information content (AvgIpc) is 2.94. The van der Waals surface area contributed by atoms with Crippen molar-refractivity contribution in [3.63, 3.8) is 0 Å². The van der Waals surface area contributed by atoms with E-state index < -0.39 is 11.8 Å². The first-order valence-electron chi connectivity index (χ1n) is 12.3. The van der Waals surface area contributed by atoms with Gasteiger partial charge in [0.25, 0.3) is 5.91 Å². The molecule has 3 aromatic rings. The van der Waals surface area contributed by atoms with E-state index in [0.29, 0.717) is 34.9 Å². The van der Waals surface area contributed by atoms with E-state index in [1.807, 2.05) is 38.1 Å². The highest BCUT2D eigenvalue weighted by Gasteiger charge is 2.13. The highest BCUT2D eigenvalue weighted by molar-refractivity contribution is 9.10. The monoisotopic (exact) mass is 610 g/mol. The minimum Gasteiger partial charge on any atom is -0.493 e. The van der Waals surface area contributed by atoms with Gasteiger partial charge in [0.05, 0.1) is 20.4 Å². The third-order valence-corrected chi connectivity index (χ3v) is 6.34. The zero-order valence-electron chi connectivity index (χ0n) is 22.7. The Kier molecular flexibility index (Phi) is 11.1. The first kappa shape index (κ1) is 30.2. The predicted molar refractivity (Wildman–Crippen MR) is 156 cm³/mol. The number of aryl methyl sites for hydroxylation is 2. The van der Waals surface area contributed by atoms with Crippen LogP contribution in [0.2, 0.25) is 0 Å². The number of carbonyl (C=O) groups excluding carboxylic acids is 3. The molecule has 0 fully saturated rings. The Labute approximate surface area is 241 Å². The normalized spacial score (nSPS) is 10.6. The second-order valence-corrected chi connectivity index (χ2v) is 9.63. The van der Waals surface area contributed by atoms with Crippen molar-refractivity contribution in [3.05, 3.63) is 81.3 Å². The van der Waals surface area contributed by atoms with E-state index in [1.54, 1.807) is 44.6 Å². The minimum absolute atomic E-state index is 0.232. The number of ether oxygens (including phenoxy) is 3. The predicted octanol–water partition coefficient (Wildman–Crippen LogP) is 3.91. The lowest BCUT2D eigenvalue weighted by Crippen LogP contribution is -2.38. The Balaban J connectivity index is 1.50. The summed E-state index contributed by atoms with van der Waals surface area (Å²) < 4.78 is 16.9. The molecule has 10 nitrogen and oxygen atoms in total. The second kappa shape index (κ2) is 14.7. The molecule has 11 heteroatoms. The lowest BCUT2D eigenvalue weighted by atomic mass is 10.1. The molecule has 0 radical (unpaired) electrons. The Bertz CT molecular complexity index is 1410. The van der Waals surface area contributed by atoms with Gasteiger partial charge >= 0.3 is 11.8 Å². The van der Waals surface area contributed by atoms with Crippen molar-refractivity contribution in [2.24, 2.45) is 5.10 Å². The van der Waals surface area contributed by atoms with Crippen molar-refractivity contribution in [1.29, 1.82) is 0 Å². The van der Waals surface area contributed by atoms with E-state index in [-0.39, 0.29) is 19.1 Å². The van der Waals surface area contributed by atoms with E-state index in [9.17, 15) is 14.4 Å². The first-order chi connectivity index (χ1) is 19.2. The lowest BCUT2D eigenvalue weighted by molar-refractivity contribution is -0.139. The van der Waals surface area contributed by atoms with Crippen LogP contribution in [0.4, 0.5) is 5.69 Å². The molecule has 0 atom stereocenters. The second-order valence-electron chi connectivity index (χ2n) is 8.71. The molecule has 0 aliphatic heterocycles. The number of amides is 3. The Morgan fingerprint density at radius 3 is 2.35 bits per heavy atom. The number of hydrogen-bond donors (Lipinski definition) is 3. The smallest absolute Gasteiger partial charge is 0.329 e. The molecule has 0 spiro atoms. The van der Waals surface area contributed by atoms with Gasteiger partial charge in [0.15, 0.2) is 18.1 Å². The highest BCUT2D eigenvalue weighted by atomic mass is 79.9. The zero-order valence-corrected chi connectivity index (χ0v) is 24.3. The van der Waals surface area contributed by atoms with E-state index in [0.717, 1.165) is 21.2 Å². The molecule has 3 aromatic carbocycles. The van der Waals surface area contributed by atoms with Crippen molar-refractivity contribution in [2.75, 3.05) is 32.7 Å². The Hall–Kier alpha value is -4.38. The molecule has 0 saturated heterocycles. The summed E-state index contributed by atoms with van der Waals surface area (Å²) in [5, 5.41) is 9.22. The summed E-state index contributed by atoms with van der Waals surface area (Å²) in [5.41, 5.74) is 6.47. The van der Waals surface area contributed by atoms with Crippen molar-refractivity contribution >= 4 is 45.6 Å². The van der Waals surface area contributed by atoms with Crippen LogP contribution < -0.4 is 30.3 Å². The number of nitrogens with zero attached hydrogens (tertiary/aromatic N) is 1. The number of hydrogen-bond acceptors (Lipinski definition) is 7. The van der Waals surface area contributed by atoms with Gasteiger partial charge in [-0.1, -0.05) is 28.1 Å². The molecule has 0 heterocycles. The van der Waals surface area contributed by atoms with E-state index in [4.69, 9.17) is 14.2 Å². The molecule has 0 aromatic heterocycles. The summed E-state index contributed by atoms with van der Waals surface area (Å²) >= 11 is 3.38. The Morgan fingerprint density at radius 1 is 0.875 bits per heavy atom. The minimum atomic E-state index is -0.922. The number of halogens is 1. The molecule has 0 bridgehead atoms. The fourth-order valence-electron chi connectivity index (χ4n) is 3.56. The van der Waals surface area contributed by atoms with Crippen LogP contribution in [0.5, 0.6) is 17.2 Å². The van der Waals surface area contributed by atoms with Crippen LogP contribution >= 0.6 is 15.9 Å². The van der Waals surface area contributed by atoms with E-state index >= 15 is 0 Å². The summed E-state index contributed by atoms with van der Waals surface area (Å²) in [6, 6.07) is 16.2. The van der Waals surface area contributed by atoms with Gasteiger partial charge in [0, 0.05) is 22.3 Å². The number of benzene rings is 3. The van der Waals surface area contributed by atoms with Gasteiger partial charge in [0.2, 0.25) is 0 Å². The van der Waals surface area contributed by atoms with Gasteiger partial charge in [-0.15, -0.1) is 0 Å². The number of nitrogens with one attached hydrogen (secondary N) is 3. The fraction of sp³-hybridized carbons (Fsp3) is 0.241. The maximum atomic E-state index is 12.4. The van der Waals surface area contributed by atoms with Gasteiger partial charge in [-0.2, -0.15) is 5.10 Å². The lowest BCUT2D eigenvalue weighted by Gasteiger charge is -2.11. The summed E-state index contributed by atoms with van der Waals surface area (Å²) in [5.74, 6) is -0.522. The highest BCUT2D eigenvalue weighted by Crippen LogP contribution is 2.27. The standard InChI is InChI=1S/C29H31BrN4O6/c1-18-5-8-23(13-19(18)2)33-27(35)17-40-24-10-7-22(30)15-21(24)16-32-34-29(37)28(36)31-12-11-20-6-9-25(38-3)26(14-20)39-4/h5-10,13-16H,11-12,17H2,1-4H3,(H,31,36)(H,33,35)(H,34,37)/b32-16-. The van der Waals surface area contributed by atoms with E-state index in [1.165, 1.54) is 6.21 Å². The van der Waals surface area contributed by atoms with Gasteiger partial charge < -0.3 is 24.8 Å². The summed E-state index contributed by atoms with van der Waals surface area (Å²) in [4.78, 5) is 36.7. The van der Waals surface area contributed by atoms with Crippen LogP contribution in [0.1, 0.15) is 22.3 Å². The summed E-state index contributed by atoms with van der Waals surface area (Å²) in [6.07, 6.45) is 1.81. The zero-order chi connectivity index (χ0) is 29.1. The Morgan fingerprint density at radius 2 is 1.62 bits per heavy atom. The number of anilines is 1. The molecule has 0 aliphatic rings. The van der Waals surface area contributed by atoms with Crippen LogP contribution in [0, 0.1) is 13.8 Å². The number of carbonyl (C=O) groups is 3. The van der Waals surface area contributed by atoms with Crippen molar-refractivity contribution in [2.45, 2.75) is 20.3 Å². The molecule has 0 unspecified atom stereocenters. The molecule has 3 amide bonds. The third-order valence-electron chi connectivity index (χ3n) is 5.84. The quantitative estimate of drug-likeness (QED) is 0.172. The summed E-state index contributed by atoms with van der Waals surface area (Å²) in [7, 11) is 3.09. The number of rotatable bonds is 11. The fourth-order valence-corrected chi connectivity index (χ4v) is 3.94.